The van der Waals surface area contributed by atoms with Gasteiger partial charge in [-0.3, -0.25) is 0 Å². The molecule has 2 N–H and O–H groups in total. The number of piperidine rings is 1. The minimum Gasteiger partial charge on any atom is -0.389 e. The van der Waals surface area contributed by atoms with Crippen molar-refractivity contribution < 1.29 is 5.11 Å². The van der Waals surface area contributed by atoms with Crippen molar-refractivity contribution in [1.29, 1.82) is 0 Å². The molecule has 1 atom stereocenters. The average Bonchev–Trinajstić information content (AvgIpc) is 2.32. The third kappa shape index (κ3) is 2.66. The smallest absolute Gasteiger partial charge is 0.224 e. The van der Waals surface area contributed by atoms with E-state index < -0.39 is 5.60 Å². The number of nitrogens with one attached hydrogen (secondary N) is 1. The Hall–Kier alpha value is -1.36. The Kier molecular flexibility index (Phi) is 3.43. The van der Waals surface area contributed by atoms with E-state index >= 15 is 0 Å². The highest BCUT2D eigenvalue weighted by Crippen LogP contribution is 2.39. The molecule has 19 heavy (non-hydrogen) atoms. The molecule has 0 amide bonds. The van der Waals surface area contributed by atoms with Gasteiger partial charge in [0, 0.05) is 37.3 Å². The first-order chi connectivity index (χ1) is 8.75. The molecular weight excluding hydrogens is 240 g/mol. The van der Waals surface area contributed by atoms with E-state index in [0.717, 1.165) is 31.0 Å². The molecule has 0 bridgehead atoms. The fourth-order valence-electron chi connectivity index (χ4n) is 2.44. The number of hydrogen-bond acceptors (Lipinski definition) is 5. The molecule has 5 nitrogen and oxygen atoms in total. The van der Waals surface area contributed by atoms with Crippen molar-refractivity contribution in [3.63, 3.8) is 0 Å². The van der Waals surface area contributed by atoms with Gasteiger partial charge in [0.05, 0.1) is 5.60 Å². The van der Waals surface area contributed by atoms with E-state index in [1.807, 2.05) is 27.0 Å². The van der Waals surface area contributed by atoms with E-state index in [2.05, 4.69) is 34.0 Å². The van der Waals surface area contributed by atoms with Crippen molar-refractivity contribution in [1.82, 2.24) is 9.97 Å². The van der Waals surface area contributed by atoms with Crippen LogP contribution in [0.15, 0.2) is 6.07 Å². The van der Waals surface area contributed by atoms with Crippen LogP contribution in [0.2, 0.25) is 0 Å². The van der Waals surface area contributed by atoms with Crippen molar-refractivity contribution >= 4 is 11.8 Å². The lowest BCUT2D eigenvalue weighted by molar-refractivity contribution is -0.0650. The van der Waals surface area contributed by atoms with Gasteiger partial charge in [0.2, 0.25) is 5.95 Å². The number of aliphatic hydroxyl groups is 1. The van der Waals surface area contributed by atoms with Gasteiger partial charge in [-0.25, -0.2) is 4.98 Å². The van der Waals surface area contributed by atoms with Gasteiger partial charge >= 0.3 is 0 Å². The molecule has 0 saturated carbocycles. The molecule has 1 fully saturated rings. The predicted molar refractivity (Wildman–Crippen MR) is 77.6 cm³/mol. The Bertz CT molecular complexity index is 471. The molecule has 106 valence electrons. The summed E-state index contributed by atoms with van der Waals surface area (Å²) in [6, 6.07) is 2.00. The second kappa shape index (κ2) is 4.63. The normalized spacial score (nSPS) is 26.3. The van der Waals surface area contributed by atoms with E-state index in [-0.39, 0.29) is 5.41 Å². The Balaban J connectivity index is 2.27. The summed E-state index contributed by atoms with van der Waals surface area (Å²) in [6.45, 7) is 9.71. The number of rotatable bonds is 2. The molecule has 0 aromatic carbocycles. The maximum atomic E-state index is 10.5. The zero-order chi connectivity index (χ0) is 14.3. The van der Waals surface area contributed by atoms with Crippen LogP contribution in [0.4, 0.5) is 11.8 Å². The molecule has 1 aromatic heterocycles. The first-order valence-corrected chi connectivity index (χ1v) is 6.76. The van der Waals surface area contributed by atoms with Crippen LogP contribution >= 0.6 is 0 Å². The van der Waals surface area contributed by atoms with Gasteiger partial charge < -0.3 is 15.3 Å². The minimum absolute atomic E-state index is 0.163. The third-order valence-electron chi connectivity index (χ3n) is 4.30. The van der Waals surface area contributed by atoms with Gasteiger partial charge in [0.1, 0.15) is 5.82 Å². The zero-order valence-electron chi connectivity index (χ0n) is 12.5. The Morgan fingerprint density at radius 1 is 1.32 bits per heavy atom. The van der Waals surface area contributed by atoms with Crippen LogP contribution in [0.3, 0.4) is 0 Å². The van der Waals surface area contributed by atoms with Crippen LogP contribution in [0, 0.1) is 12.3 Å². The number of anilines is 2. The van der Waals surface area contributed by atoms with Crippen LogP contribution < -0.4 is 10.2 Å². The fourth-order valence-corrected chi connectivity index (χ4v) is 2.44. The summed E-state index contributed by atoms with van der Waals surface area (Å²) in [5.41, 5.74) is 0.158. The number of hydrogen-bond donors (Lipinski definition) is 2. The molecule has 0 radical (unpaired) electrons. The third-order valence-corrected chi connectivity index (χ3v) is 4.30. The van der Waals surface area contributed by atoms with E-state index in [0.29, 0.717) is 5.95 Å². The highest BCUT2D eigenvalue weighted by atomic mass is 16.3. The summed E-state index contributed by atoms with van der Waals surface area (Å²) in [7, 11) is 1.82. The Labute approximate surface area is 115 Å². The highest BCUT2D eigenvalue weighted by molar-refractivity contribution is 5.45. The maximum absolute atomic E-state index is 10.5. The molecule has 0 spiro atoms. The van der Waals surface area contributed by atoms with Crippen LogP contribution in [0.25, 0.3) is 0 Å². The molecule has 1 aromatic rings. The molecule has 1 saturated heterocycles. The van der Waals surface area contributed by atoms with E-state index in [4.69, 9.17) is 0 Å². The predicted octanol–water partition coefficient (Wildman–Crippen LogP) is 1.81. The average molecular weight is 264 g/mol. The van der Waals surface area contributed by atoms with Crippen molar-refractivity contribution in [3.05, 3.63) is 11.8 Å². The first kappa shape index (κ1) is 14.1. The van der Waals surface area contributed by atoms with Gasteiger partial charge in [-0.1, -0.05) is 13.8 Å². The lowest BCUT2D eigenvalue weighted by atomic mass is 9.71. The molecular formula is C14H24N4O. The maximum Gasteiger partial charge on any atom is 0.224 e. The Morgan fingerprint density at radius 2 is 2.00 bits per heavy atom. The van der Waals surface area contributed by atoms with Gasteiger partial charge in [-0.05, 0) is 20.3 Å². The number of nitrogens with zero attached hydrogens (tertiary/aromatic N) is 3. The van der Waals surface area contributed by atoms with Crippen molar-refractivity contribution in [2.75, 3.05) is 30.4 Å². The Morgan fingerprint density at radius 3 is 2.58 bits per heavy atom. The molecule has 0 aliphatic carbocycles. The lowest BCUT2D eigenvalue weighted by Crippen LogP contribution is -2.56. The van der Waals surface area contributed by atoms with Crippen molar-refractivity contribution in [2.45, 2.75) is 39.7 Å². The summed E-state index contributed by atoms with van der Waals surface area (Å²) in [4.78, 5) is 11.1. The summed E-state index contributed by atoms with van der Waals surface area (Å²) in [5.74, 6) is 1.57. The van der Waals surface area contributed by atoms with E-state index in [1.165, 1.54) is 0 Å². The molecule has 2 heterocycles. The fraction of sp³-hybridized carbons (Fsp3) is 0.714. The standard InChI is InChI=1S/C14H24N4O/c1-10-8-11(17-12(15-5)16-10)18-7-6-14(4,19)13(2,3)9-18/h8,19H,6-7,9H2,1-5H3,(H,15,16,17)/t14-/m0/s1. The molecule has 5 heteroatoms. The van der Waals surface area contributed by atoms with E-state index in [9.17, 15) is 5.11 Å². The van der Waals surface area contributed by atoms with E-state index in [1.54, 1.807) is 0 Å². The molecule has 0 unspecified atom stereocenters. The second-order valence-corrected chi connectivity index (χ2v) is 6.27. The zero-order valence-corrected chi connectivity index (χ0v) is 12.5. The lowest BCUT2D eigenvalue weighted by Gasteiger charge is -2.49. The second-order valence-electron chi connectivity index (χ2n) is 6.27. The minimum atomic E-state index is -0.628. The van der Waals surface area contributed by atoms with Crippen LogP contribution in [-0.2, 0) is 0 Å². The quantitative estimate of drug-likeness (QED) is 0.853. The van der Waals surface area contributed by atoms with Crippen LogP contribution in [-0.4, -0.2) is 40.8 Å². The van der Waals surface area contributed by atoms with Crippen molar-refractivity contribution in [3.8, 4) is 0 Å². The van der Waals surface area contributed by atoms with Crippen molar-refractivity contribution in [2.24, 2.45) is 5.41 Å². The number of aromatic nitrogens is 2. The number of aryl methyl sites for hydroxylation is 1. The highest BCUT2D eigenvalue weighted by Gasteiger charge is 2.44. The van der Waals surface area contributed by atoms with Crippen LogP contribution in [0.1, 0.15) is 32.9 Å². The monoisotopic (exact) mass is 264 g/mol. The van der Waals surface area contributed by atoms with Gasteiger partial charge in [0.25, 0.3) is 0 Å². The van der Waals surface area contributed by atoms with Gasteiger partial charge in [-0.2, -0.15) is 4.98 Å². The molecule has 1 aliphatic heterocycles. The topological polar surface area (TPSA) is 61.3 Å². The SMILES string of the molecule is CNc1nc(C)cc(N2CC[C@](C)(O)C(C)(C)C2)n1. The first-order valence-electron chi connectivity index (χ1n) is 6.76. The summed E-state index contributed by atoms with van der Waals surface area (Å²) >= 11 is 0. The van der Waals surface area contributed by atoms with Crippen LogP contribution in [0.5, 0.6) is 0 Å². The summed E-state index contributed by atoms with van der Waals surface area (Å²) in [6.07, 6.45) is 0.748. The summed E-state index contributed by atoms with van der Waals surface area (Å²) < 4.78 is 0. The molecule has 1 aliphatic rings. The summed E-state index contributed by atoms with van der Waals surface area (Å²) in [5, 5.41) is 13.4. The van der Waals surface area contributed by atoms with Gasteiger partial charge in [0.15, 0.2) is 0 Å². The largest absolute Gasteiger partial charge is 0.389 e. The van der Waals surface area contributed by atoms with Gasteiger partial charge in [-0.15, -0.1) is 0 Å². The molecule has 2 rings (SSSR count).